The van der Waals surface area contributed by atoms with Gasteiger partial charge in [0.1, 0.15) is 0 Å². The number of nitro groups is 1. The molecule has 0 spiro atoms. The number of rotatable bonds is 7. The largest absolute Gasteiger partial charge is 0.493 e. The summed E-state index contributed by atoms with van der Waals surface area (Å²) in [4.78, 5) is 36.9. The van der Waals surface area contributed by atoms with Crippen LogP contribution in [0.1, 0.15) is 16.7 Å². The fourth-order valence-electron chi connectivity index (χ4n) is 3.46. The average Bonchev–Trinajstić information content (AvgIpc) is 3.12. The molecule has 3 aromatic carbocycles. The molecule has 0 aliphatic carbocycles. The Hall–Kier alpha value is -4.03. The molecule has 1 aliphatic rings. The van der Waals surface area contributed by atoms with Crippen LogP contribution in [-0.4, -0.2) is 28.1 Å². The van der Waals surface area contributed by atoms with Gasteiger partial charge in [0.05, 0.1) is 29.0 Å². The highest BCUT2D eigenvalue weighted by molar-refractivity contribution is 8.18. The number of benzene rings is 3. The van der Waals surface area contributed by atoms with Gasteiger partial charge in [-0.05, 0) is 65.4 Å². The van der Waals surface area contributed by atoms with E-state index >= 15 is 0 Å². The summed E-state index contributed by atoms with van der Waals surface area (Å²) in [6.45, 7) is 0.0706. The van der Waals surface area contributed by atoms with Gasteiger partial charge < -0.3 is 9.47 Å². The van der Waals surface area contributed by atoms with E-state index in [-0.39, 0.29) is 22.9 Å². The summed E-state index contributed by atoms with van der Waals surface area (Å²) in [6, 6.07) is 13.0. The van der Waals surface area contributed by atoms with Gasteiger partial charge in [0.15, 0.2) is 11.5 Å². The van der Waals surface area contributed by atoms with Crippen molar-refractivity contribution >= 4 is 46.3 Å². The Bertz CT molecular complexity index is 1460. The number of carbonyl (C=O) groups is 2. The number of halogens is 4. The molecule has 0 radical (unpaired) electrons. The van der Waals surface area contributed by atoms with Crippen molar-refractivity contribution in [1.29, 1.82) is 0 Å². The van der Waals surface area contributed by atoms with Gasteiger partial charge in [-0.15, -0.1) is 0 Å². The highest BCUT2D eigenvalue weighted by Gasteiger charge is 2.35. The number of methoxy groups -OCH3 is 1. The summed E-state index contributed by atoms with van der Waals surface area (Å²) in [5, 5.41) is 11.4. The zero-order chi connectivity index (χ0) is 27.6. The summed E-state index contributed by atoms with van der Waals surface area (Å²) < 4.78 is 49.7. The zero-order valence-corrected chi connectivity index (χ0v) is 20.9. The van der Waals surface area contributed by atoms with E-state index < -0.39 is 39.2 Å². The summed E-state index contributed by atoms with van der Waals surface area (Å²) in [6.07, 6.45) is -3.29. The van der Waals surface area contributed by atoms with Gasteiger partial charge in [-0.25, -0.2) is 0 Å². The molecule has 8 nitrogen and oxygen atoms in total. The van der Waals surface area contributed by atoms with Crippen LogP contribution in [-0.2, 0) is 17.5 Å². The summed E-state index contributed by atoms with van der Waals surface area (Å²) in [5.74, 6) is -0.830. The second kappa shape index (κ2) is 10.8. The number of ether oxygens (including phenoxy) is 2. The third kappa shape index (κ3) is 5.92. The van der Waals surface area contributed by atoms with E-state index in [1.54, 1.807) is 24.3 Å². The fourth-order valence-corrected chi connectivity index (χ4v) is 4.42. The van der Waals surface area contributed by atoms with E-state index in [0.717, 1.165) is 28.3 Å². The van der Waals surface area contributed by atoms with Gasteiger partial charge in [-0.3, -0.25) is 24.6 Å². The molecule has 0 saturated carbocycles. The monoisotopic (exact) mass is 564 g/mol. The maximum atomic E-state index is 13.0. The number of hydrogen-bond acceptors (Lipinski definition) is 7. The predicted octanol–water partition coefficient (Wildman–Crippen LogP) is 7.30. The number of thioether (sulfide) groups is 1. The van der Waals surface area contributed by atoms with Crippen LogP contribution in [0, 0.1) is 10.1 Å². The van der Waals surface area contributed by atoms with Gasteiger partial charge in [-0.1, -0.05) is 29.8 Å². The number of carbonyl (C=O) groups excluding carboxylic acids is 2. The normalized spacial score (nSPS) is 14.8. The third-order valence-corrected chi connectivity index (χ3v) is 6.48. The van der Waals surface area contributed by atoms with Crippen LogP contribution in [0.25, 0.3) is 6.08 Å². The number of amides is 2. The van der Waals surface area contributed by atoms with E-state index in [4.69, 9.17) is 21.1 Å². The van der Waals surface area contributed by atoms with Crippen molar-refractivity contribution in [3.63, 3.8) is 0 Å². The SMILES string of the molecule is COc1cc(/C=C2/SC(=O)N(Cc3ccc(Cl)cc3)C2=O)ccc1Oc1ccc(C(F)(F)F)cc1[N+](=O)[O-]. The predicted molar refractivity (Wildman–Crippen MR) is 134 cm³/mol. The molecule has 3 aromatic rings. The van der Waals surface area contributed by atoms with E-state index in [1.807, 2.05) is 0 Å². The van der Waals surface area contributed by atoms with E-state index in [9.17, 15) is 32.9 Å². The number of hydrogen-bond donors (Lipinski definition) is 0. The van der Waals surface area contributed by atoms with Crippen molar-refractivity contribution in [2.75, 3.05) is 7.11 Å². The number of alkyl halides is 3. The molecule has 13 heteroatoms. The molecule has 0 atom stereocenters. The van der Waals surface area contributed by atoms with Gasteiger partial charge >= 0.3 is 11.9 Å². The topological polar surface area (TPSA) is 99.0 Å². The number of nitrogens with zero attached hydrogens (tertiary/aromatic N) is 2. The molecular formula is C25H16ClF3N2O6S. The van der Waals surface area contributed by atoms with Crippen molar-refractivity contribution in [3.05, 3.63) is 97.4 Å². The standard InChI is InChI=1S/C25H16ClF3N2O6S/c1-36-21-10-15(11-22-23(32)30(24(33)38-22)13-14-2-6-17(26)7-3-14)4-8-20(21)37-19-9-5-16(25(27,28)29)12-18(19)31(34)35/h2-12H,13H2,1H3/b22-11+. The smallest absolute Gasteiger partial charge is 0.416 e. The molecule has 0 bridgehead atoms. The minimum absolute atomic E-state index is 0.0108. The molecule has 1 saturated heterocycles. The summed E-state index contributed by atoms with van der Waals surface area (Å²) >= 11 is 6.63. The minimum atomic E-state index is -4.77. The number of imide groups is 1. The molecule has 0 N–H and O–H groups in total. The molecule has 2 amide bonds. The molecule has 1 heterocycles. The number of nitro benzene ring substituents is 1. The lowest BCUT2D eigenvalue weighted by Gasteiger charge is -2.13. The molecule has 1 aliphatic heterocycles. The molecule has 196 valence electrons. The van der Waals surface area contributed by atoms with Gasteiger partial charge in [0, 0.05) is 11.1 Å². The molecule has 1 fully saturated rings. The first-order chi connectivity index (χ1) is 18.0. The minimum Gasteiger partial charge on any atom is -0.493 e. The van der Waals surface area contributed by atoms with E-state index in [1.165, 1.54) is 31.4 Å². The van der Waals surface area contributed by atoms with Crippen LogP contribution in [0.15, 0.2) is 65.6 Å². The average molecular weight is 565 g/mol. The van der Waals surface area contributed by atoms with Crippen molar-refractivity contribution in [2.45, 2.75) is 12.7 Å². The second-order valence-electron chi connectivity index (χ2n) is 7.84. The summed E-state index contributed by atoms with van der Waals surface area (Å²) in [7, 11) is 1.30. The van der Waals surface area contributed by atoms with Gasteiger partial charge in [-0.2, -0.15) is 13.2 Å². The first-order valence-electron chi connectivity index (χ1n) is 10.7. The van der Waals surface area contributed by atoms with Crippen molar-refractivity contribution in [3.8, 4) is 17.2 Å². The molecule has 38 heavy (non-hydrogen) atoms. The lowest BCUT2D eigenvalue weighted by Crippen LogP contribution is -2.27. The lowest BCUT2D eigenvalue weighted by molar-refractivity contribution is -0.385. The third-order valence-electron chi connectivity index (χ3n) is 5.32. The van der Waals surface area contributed by atoms with E-state index in [0.29, 0.717) is 22.7 Å². The van der Waals surface area contributed by atoms with Crippen molar-refractivity contribution in [2.24, 2.45) is 0 Å². The first-order valence-corrected chi connectivity index (χ1v) is 11.9. The Morgan fingerprint density at radius 1 is 1.03 bits per heavy atom. The maximum absolute atomic E-state index is 13.0. The van der Waals surface area contributed by atoms with Crippen LogP contribution < -0.4 is 9.47 Å². The van der Waals surface area contributed by atoms with Gasteiger partial charge in [0.25, 0.3) is 11.1 Å². The van der Waals surface area contributed by atoms with Crippen molar-refractivity contribution in [1.82, 2.24) is 4.90 Å². The Morgan fingerprint density at radius 3 is 2.34 bits per heavy atom. The quantitative estimate of drug-likeness (QED) is 0.169. The maximum Gasteiger partial charge on any atom is 0.416 e. The zero-order valence-electron chi connectivity index (χ0n) is 19.3. The Kier molecular flexibility index (Phi) is 7.65. The Morgan fingerprint density at radius 2 is 1.71 bits per heavy atom. The Balaban J connectivity index is 1.57. The molecule has 0 unspecified atom stereocenters. The Labute approximate surface area is 222 Å². The van der Waals surface area contributed by atoms with Crippen LogP contribution in [0.4, 0.5) is 23.7 Å². The lowest BCUT2D eigenvalue weighted by atomic mass is 10.1. The second-order valence-corrected chi connectivity index (χ2v) is 9.27. The van der Waals surface area contributed by atoms with Crippen molar-refractivity contribution < 1.29 is 37.2 Å². The molecular weight excluding hydrogens is 549 g/mol. The summed E-state index contributed by atoms with van der Waals surface area (Å²) in [5.41, 5.74) is -0.893. The fraction of sp³-hybridized carbons (Fsp3) is 0.120. The van der Waals surface area contributed by atoms with E-state index in [2.05, 4.69) is 0 Å². The van der Waals surface area contributed by atoms with Crippen LogP contribution in [0.3, 0.4) is 0 Å². The highest BCUT2D eigenvalue weighted by atomic mass is 35.5. The van der Waals surface area contributed by atoms with Crippen LogP contribution in [0.5, 0.6) is 17.2 Å². The highest BCUT2D eigenvalue weighted by Crippen LogP contribution is 2.41. The molecule has 4 rings (SSSR count). The first kappa shape index (κ1) is 27.0. The van der Waals surface area contributed by atoms with Gasteiger partial charge in [0.2, 0.25) is 5.75 Å². The van der Waals surface area contributed by atoms with Crippen LogP contribution >= 0.6 is 23.4 Å². The van der Waals surface area contributed by atoms with Crippen LogP contribution in [0.2, 0.25) is 5.02 Å². The molecule has 0 aromatic heterocycles.